The van der Waals surface area contributed by atoms with Crippen LogP contribution in [0, 0.1) is 6.92 Å². The number of aryl methyl sites for hydroxylation is 1. The van der Waals surface area contributed by atoms with Crippen molar-refractivity contribution in [2.75, 3.05) is 17.8 Å². The Labute approximate surface area is 126 Å². The fourth-order valence-electron chi connectivity index (χ4n) is 2.52. The van der Waals surface area contributed by atoms with Crippen molar-refractivity contribution in [1.82, 2.24) is 14.6 Å². The summed E-state index contributed by atoms with van der Waals surface area (Å²) < 4.78 is 12.4. The smallest absolute Gasteiger partial charge is 0.240 e. The molecule has 1 aromatic carbocycles. The summed E-state index contributed by atoms with van der Waals surface area (Å²) in [7, 11) is 0. The summed E-state index contributed by atoms with van der Waals surface area (Å²) in [5, 5.41) is 7.51. The molecule has 0 fully saturated rings. The highest BCUT2D eigenvalue weighted by Gasteiger charge is 2.13. The second kappa shape index (κ2) is 4.80. The summed E-state index contributed by atoms with van der Waals surface area (Å²) in [6.45, 7) is 2.94. The number of pyridine rings is 1. The zero-order chi connectivity index (χ0) is 15.1. The van der Waals surface area contributed by atoms with Gasteiger partial charge in [-0.05, 0) is 36.2 Å². The summed E-state index contributed by atoms with van der Waals surface area (Å²) in [5.74, 6) is 1.85. The number of nitrogens with zero attached hydrogens (tertiary/aromatic N) is 3. The first kappa shape index (κ1) is 12.8. The number of fused-ring (bicyclic) bond motifs is 2. The van der Waals surface area contributed by atoms with E-state index in [9.17, 15) is 0 Å². The van der Waals surface area contributed by atoms with Crippen molar-refractivity contribution in [3.63, 3.8) is 0 Å². The number of ether oxygens (including phenoxy) is 2. The highest BCUT2D eigenvalue weighted by atomic mass is 16.7. The lowest BCUT2D eigenvalue weighted by Crippen LogP contribution is -2.02. The Morgan fingerprint density at radius 2 is 2.14 bits per heavy atom. The minimum Gasteiger partial charge on any atom is -0.454 e. The number of anilines is 2. The van der Waals surface area contributed by atoms with Crippen LogP contribution in [0.15, 0.2) is 30.5 Å². The van der Waals surface area contributed by atoms with Crippen molar-refractivity contribution in [2.24, 2.45) is 0 Å². The van der Waals surface area contributed by atoms with Gasteiger partial charge in [0, 0.05) is 6.54 Å². The number of nitrogen functional groups attached to an aromatic ring is 1. The van der Waals surface area contributed by atoms with Crippen molar-refractivity contribution in [1.29, 1.82) is 0 Å². The van der Waals surface area contributed by atoms with Crippen LogP contribution in [0.25, 0.3) is 5.65 Å². The minimum atomic E-state index is 0.274. The number of nitrogens with one attached hydrogen (secondary N) is 1. The molecule has 1 aliphatic heterocycles. The van der Waals surface area contributed by atoms with Gasteiger partial charge in [0.15, 0.2) is 17.1 Å². The number of benzene rings is 1. The van der Waals surface area contributed by atoms with E-state index < -0.39 is 0 Å². The van der Waals surface area contributed by atoms with Crippen molar-refractivity contribution < 1.29 is 9.47 Å². The molecule has 2 aromatic heterocycles. The molecule has 0 atom stereocenters. The molecular weight excluding hydrogens is 282 g/mol. The fraction of sp³-hybridized carbons (Fsp3) is 0.200. The molecule has 3 N–H and O–H groups in total. The molecule has 0 aliphatic carbocycles. The molecule has 0 radical (unpaired) electrons. The second-order valence-electron chi connectivity index (χ2n) is 5.19. The van der Waals surface area contributed by atoms with E-state index in [0.717, 1.165) is 34.0 Å². The van der Waals surface area contributed by atoms with Crippen molar-refractivity contribution >= 4 is 17.3 Å². The molecule has 4 rings (SSSR count). The maximum Gasteiger partial charge on any atom is 0.240 e. The molecule has 0 saturated heterocycles. The Bertz CT molecular complexity index is 859. The predicted molar refractivity (Wildman–Crippen MR) is 82.0 cm³/mol. The molecular formula is C15H15N5O2. The van der Waals surface area contributed by atoms with Crippen LogP contribution in [0.4, 0.5) is 11.6 Å². The average Bonchev–Trinajstić information content (AvgIpc) is 3.10. The summed E-state index contributed by atoms with van der Waals surface area (Å²) in [4.78, 5) is 4.18. The predicted octanol–water partition coefficient (Wildman–Crippen LogP) is 1.96. The molecule has 0 bridgehead atoms. The Morgan fingerprint density at radius 3 is 3.05 bits per heavy atom. The van der Waals surface area contributed by atoms with Gasteiger partial charge in [-0.1, -0.05) is 6.07 Å². The van der Waals surface area contributed by atoms with Crippen molar-refractivity contribution in [2.45, 2.75) is 13.5 Å². The third kappa shape index (κ3) is 2.16. The topological polar surface area (TPSA) is 86.7 Å². The molecule has 112 valence electrons. The lowest BCUT2D eigenvalue weighted by Gasteiger charge is -2.08. The van der Waals surface area contributed by atoms with Gasteiger partial charge >= 0.3 is 0 Å². The standard InChI is InChI=1S/C15H15N5O2/c1-9-4-11(7-20-14(9)18-15(16)19-20)17-6-10-2-3-12-13(5-10)22-8-21-12/h2-5,7,17H,6,8H2,1H3,(H2,16,19). The average molecular weight is 297 g/mol. The van der Waals surface area contributed by atoms with Gasteiger partial charge in [0.1, 0.15) is 0 Å². The van der Waals surface area contributed by atoms with Gasteiger partial charge in [0.05, 0.1) is 11.9 Å². The lowest BCUT2D eigenvalue weighted by atomic mass is 10.2. The molecule has 1 aliphatic rings. The maximum absolute atomic E-state index is 5.64. The zero-order valence-electron chi connectivity index (χ0n) is 12.0. The second-order valence-corrected chi connectivity index (χ2v) is 5.19. The van der Waals surface area contributed by atoms with Gasteiger partial charge in [-0.2, -0.15) is 4.98 Å². The van der Waals surface area contributed by atoms with Crippen molar-refractivity contribution in [3.8, 4) is 11.5 Å². The molecule has 3 heterocycles. The lowest BCUT2D eigenvalue weighted by molar-refractivity contribution is 0.174. The van der Waals surface area contributed by atoms with Gasteiger partial charge in [-0.25, -0.2) is 4.52 Å². The summed E-state index contributed by atoms with van der Waals surface area (Å²) in [6, 6.07) is 7.94. The third-order valence-electron chi connectivity index (χ3n) is 3.57. The van der Waals surface area contributed by atoms with E-state index >= 15 is 0 Å². The van der Waals surface area contributed by atoms with E-state index in [4.69, 9.17) is 15.2 Å². The SMILES string of the molecule is Cc1cc(NCc2ccc3c(c2)OCO3)cn2nc(N)nc12. The first-order chi connectivity index (χ1) is 10.7. The highest BCUT2D eigenvalue weighted by Crippen LogP contribution is 2.32. The van der Waals surface area contributed by atoms with Crippen LogP contribution in [-0.4, -0.2) is 21.4 Å². The number of rotatable bonds is 3. The minimum absolute atomic E-state index is 0.274. The Hall–Kier alpha value is -2.96. The molecule has 0 unspecified atom stereocenters. The van der Waals surface area contributed by atoms with Crippen LogP contribution in [-0.2, 0) is 6.54 Å². The van der Waals surface area contributed by atoms with E-state index in [2.05, 4.69) is 15.4 Å². The van der Waals surface area contributed by atoms with Crippen LogP contribution in [0.3, 0.4) is 0 Å². The Morgan fingerprint density at radius 1 is 1.27 bits per heavy atom. The van der Waals surface area contributed by atoms with Crippen LogP contribution in [0.1, 0.15) is 11.1 Å². The Kier molecular flexibility index (Phi) is 2.78. The van der Waals surface area contributed by atoms with E-state index in [1.807, 2.05) is 37.4 Å². The first-order valence-corrected chi connectivity index (χ1v) is 6.94. The summed E-state index contributed by atoms with van der Waals surface area (Å²) in [6.07, 6.45) is 1.87. The largest absolute Gasteiger partial charge is 0.454 e. The van der Waals surface area contributed by atoms with Gasteiger partial charge < -0.3 is 20.5 Å². The maximum atomic E-state index is 5.64. The van der Waals surface area contributed by atoms with E-state index in [-0.39, 0.29) is 12.7 Å². The fourth-order valence-corrected chi connectivity index (χ4v) is 2.52. The quantitative estimate of drug-likeness (QED) is 0.768. The molecule has 7 heteroatoms. The molecule has 22 heavy (non-hydrogen) atoms. The Balaban J connectivity index is 1.56. The van der Waals surface area contributed by atoms with Gasteiger partial charge in [0.2, 0.25) is 12.7 Å². The number of aromatic nitrogens is 3. The first-order valence-electron chi connectivity index (χ1n) is 6.94. The number of nitrogens with two attached hydrogens (primary N) is 1. The normalized spacial score (nSPS) is 12.8. The molecule has 7 nitrogen and oxygen atoms in total. The summed E-state index contributed by atoms with van der Waals surface area (Å²) >= 11 is 0. The van der Waals surface area contributed by atoms with E-state index in [1.54, 1.807) is 4.52 Å². The third-order valence-corrected chi connectivity index (χ3v) is 3.57. The molecule has 3 aromatic rings. The van der Waals surface area contributed by atoms with E-state index in [0.29, 0.717) is 6.54 Å². The highest BCUT2D eigenvalue weighted by molar-refractivity contribution is 5.57. The number of hydrogen-bond acceptors (Lipinski definition) is 6. The van der Waals surface area contributed by atoms with Gasteiger partial charge in [-0.15, -0.1) is 5.10 Å². The van der Waals surface area contributed by atoms with Crippen LogP contribution in [0.5, 0.6) is 11.5 Å². The molecule has 0 amide bonds. The van der Waals surface area contributed by atoms with Crippen molar-refractivity contribution in [3.05, 3.63) is 41.6 Å². The zero-order valence-corrected chi connectivity index (χ0v) is 12.0. The number of hydrogen-bond donors (Lipinski definition) is 2. The summed E-state index contributed by atoms with van der Waals surface area (Å²) in [5.41, 5.74) is 9.48. The van der Waals surface area contributed by atoms with Crippen LogP contribution >= 0.6 is 0 Å². The van der Waals surface area contributed by atoms with Crippen LogP contribution in [0.2, 0.25) is 0 Å². The molecule has 0 spiro atoms. The van der Waals surface area contributed by atoms with Gasteiger partial charge in [-0.3, -0.25) is 0 Å². The van der Waals surface area contributed by atoms with Gasteiger partial charge in [0.25, 0.3) is 0 Å². The van der Waals surface area contributed by atoms with E-state index in [1.165, 1.54) is 0 Å². The monoisotopic (exact) mass is 297 g/mol. The van der Waals surface area contributed by atoms with Crippen LogP contribution < -0.4 is 20.5 Å². The molecule has 0 saturated carbocycles.